The Balaban J connectivity index is 1.95. The first-order valence-electron chi connectivity index (χ1n) is 9.19. The summed E-state index contributed by atoms with van der Waals surface area (Å²) in [5.74, 6) is 0.352. The number of allylic oxidation sites excluding steroid dienone is 2. The molecule has 24 heavy (non-hydrogen) atoms. The summed E-state index contributed by atoms with van der Waals surface area (Å²) in [6, 6.07) is 4.40. The van der Waals surface area contributed by atoms with Crippen LogP contribution in [0.3, 0.4) is 0 Å². The van der Waals surface area contributed by atoms with Crippen molar-refractivity contribution in [3.63, 3.8) is 0 Å². The van der Waals surface area contributed by atoms with Crippen LogP contribution in [0, 0.1) is 26.2 Å². The number of ether oxygens (including phenoxy) is 1. The van der Waals surface area contributed by atoms with Gasteiger partial charge >= 0.3 is 0 Å². The Kier molecular flexibility index (Phi) is 4.70. The zero-order chi connectivity index (χ0) is 17.5. The highest BCUT2D eigenvalue weighted by Crippen LogP contribution is 2.50. The minimum absolute atomic E-state index is 0.187. The van der Waals surface area contributed by atoms with E-state index in [-0.39, 0.29) is 5.41 Å². The molecule has 1 spiro atoms. The number of methoxy groups -OCH3 is 1. The molecule has 0 bridgehead atoms. The van der Waals surface area contributed by atoms with E-state index in [1.807, 2.05) is 0 Å². The third-order valence-corrected chi connectivity index (χ3v) is 6.13. The average molecular weight is 326 g/mol. The van der Waals surface area contributed by atoms with Crippen LogP contribution in [-0.2, 0) is 9.53 Å². The standard InChI is InChI=1S/C22H30O2/c1-14-10-15(2)20(16(3)11-14)21-17(4)12-22(13-19(21)23)8-6-18(24-5)7-9-22/h10-11,18H,6-9,12-13H2,1-5H3. The van der Waals surface area contributed by atoms with Crippen LogP contribution >= 0.6 is 0 Å². The molecular formula is C22H30O2. The van der Waals surface area contributed by atoms with Gasteiger partial charge in [0.2, 0.25) is 0 Å². The Morgan fingerprint density at radius 3 is 2.08 bits per heavy atom. The van der Waals surface area contributed by atoms with E-state index in [9.17, 15) is 4.79 Å². The monoisotopic (exact) mass is 326 g/mol. The van der Waals surface area contributed by atoms with Crippen LogP contribution in [0.25, 0.3) is 5.57 Å². The lowest BCUT2D eigenvalue weighted by atomic mass is 9.62. The third-order valence-electron chi connectivity index (χ3n) is 6.13. The number of ketones is 1. The molecule has 2 nitrogen and oxygen atoms in total. The Labute approximate surface area is 146 Å². The van der Waals surface area contributed by atoms with Crippen LogP contribution in [-0.4, -0.2) is 19.0 Å². The summed E-state index contributed by atoms with van der Waals surface area (Å²) in [7, 11) is 1.81. The van der Waals surface area contributed by atoms with Gasteiger partial charge in [0.15, 0.2) is 5.78 Å². The van der Waals surface area contributed by atoms with Gasteiger partial charge in [0.25, 0.3) is 0 Å². The molecular weight excluding hydrogens is 296 g/mol. The van der Waals surface area contributed by atoms with Gasteiger partial charge in [-0.1, -0.05) is 23.3 Å². The summed E-state index contributed by atoms with van der Waals surface area (Å²) < 4.78 is 5.51. The van der Waals surface area contributed by atoms with Gasteiger partial charge in [0.05, 0.1) is 6.10 Å². The van der Waals surface area contributed by atoms with Gasteiger partial charge in [-0.05, 0) is 81.9 Å². The van der Waals surface area contributed by atoms with Crippen LogP contribution in [0.5, 0.6) is 0 Å². The van der Waals surface area contributed by atoms with Crippen molar-refractivity contribution in [2.45, 2.75) is 72.3 Å². The minimum Gasteiger partial charge on any atom is -0.381 e. The lowest BCUT2D eigenvalue weighted by Gasteiger charge is -2.43. The predicted molar refractivity (Wildman–Crippen MR) is 99.2 cm³/mol. The number of carbonyl (C=O) groups is 1. The minimum atomic E-state index is 0.187. The fraction of sp³-hybridized carbons (Fsp3) is 0.591. The molecule has 2 aliphatic carbocycles. The van der Waals surface area contributed by atoms with Gasteiger partial charge in [0, 0.05) is 19.1 Å². The summed E-state index contributed by atoms with van der Waals surface area (Å²) in [6.45, 7) is 8.57. The first-order valence-corrected chi connectivity index (χ1v) is 9.19. The zero-order valence-electron chi connectivity index (χ0n) is 15.8. The zero-order valence-corrected chi connectivity index (χ0v) is 15.8. The smallest absolute Gasteiger partial charge is 0.164 e. The SMILES string of the molecule is COC1CCC2(CC1)CC(=O)C(c1c(C)cc(C)cc1C)=C(C)C2. The highest BCUT2D eigenvalue weighted by Gasteiger charge is 2.41. The summed E-state index contributed by atoms with van der Waals surface area (Å²) >= 11 is 0. The Bertz CT molecular complexity index is 665. The third kappa shape index (κ3) is 3.09. The molecule has 0 atom stereocenters. The molecule has 1 fully saturated rings. The lowest BCUT2D eigenvalue weighted by Crippen LogP contribution is -2.36. The van der Waals surface area contributed by atoms with Gasteiger partial charge in [-0.2, -0.15) is 0 Å². The quantitative estimate of drug-likeness (QED) is 0.735. The Morgan fingerprint density at radius 2 is 1.58 bits per heavy atom. The van der Waals surface area contributed by atoms with Crippen molar-refractivity contribution in [1.29, 1.82) is 0 Å². The molecule has 2 aliphatic rings. The molecule has 1 saturated carbocycles. The number of rotatable bonds is 2. The van der Waals surface area contributed by atoms with Crippen molar-refractivity contribution in [2.75, 3.05) is 7.11 Å². The molecule has 0 amide bonds. The van der Waals surface area contributed by atoms with Crippen molar-refractivity contribution in [2.24, 2.45) is 5.41 Å². The number of hydrogen-bond acceptors (Lipinski definition) is 2. The molecule has 0 radical (unpaired) electrons. The van der Waals surface area contributed by atoms with E-state index in [1.54, 1.807) is 7.11 Å². The van der Waals surface area contributed by atoms with E-state index in [2.05, 4.69) is 39.8 Å². The van der Waals surface area contributed by atoms with Crippen molar-refractivity contribution in [3.05, 3.63) is 40.0 Å². The van der Waals surface area contributed by atoms with Gasteiger partial charge in [-0.3, -0.25) is 4.79 Å². The molecule has 0 aliphatic heterocycles. The summed E-state index contributed by atoms with van der Waals surface area (Å²) in [5, 5.41) is 0. The number of Topliss-reactive ketones (excluding diaryl/α,β-unsaturated/α-hetero) is 1. The maximum atomic E-state index is 13.1. The van der Waals surface area contributed by atoms with Crippen LogP contribution in [0.4, 0.5) is 0 Å². The molecule has 2 heteroatoms. The van der Waals surface area contributed by atoms with Crippen molar-refractivity contribution >= 4 is 11.4 Å². The number of hydrogen-bond donors (Lipinski definition) is 0. The van der Waals surface area contributed by atoms with Gasteiger partial charge < -0.3 is 4.74 Å². The maximum Gasteiger partial charge on any atom is 0.164 e. The molecule has 3 rings (SSSR count). The van der Waals surface area contributed by atoms with Crippen LogP contribution < -0.4 is 0 Å². The summed E-state index contributed by atoms with van der Waals surface area (Å²) in [5.41, 5.74) is 7.39. The van der Waals surface area contributed by atoms with E-state index < -0.39 is 0 Å². The van der Waals surface area contributed by atoms with Gasteiger partial charge in [-0.15, -0.1) is 0 Å². The second-order valence-electron chi connectivity index (χ2n) is 8.14. The first-order chi connectivity index (χ1) is 11.3. The van der Waals surface area contributed by atoms with E-state index in [0.717, 1.165) is 37.7 Å². The maximum absolute atomic E-state index is 13.1. The average Bonchev–Trinajstić information content (AvgIpc) is 2.50. The molecule has 0 unspecified atom stereocenters. The van der Waals surface area contributed by atoms with Crippen molar-refractivity contribution < 1.29 is 9.53 Å². The van der Waals surface area contributed by atoms with E-state index in [1.165, 1.54) is 27.8 Å². The lowest BCUT2D eigenvalue weighted by molar-refractivity contribution is -0.117. The largest absolute Gasteiger partial charge is 0.381 e. The Morgan fingerprint density at radius 1 is 1.00 bits per heavy atom. The second-order valence-corrected chi connectivity index (χ2v) is 8.14. The highest BCUT2D eigenvalue weighted by molar-refractivity contribution is 6.23. The van der Waals surface area contributed by atoms with Crippen LogP contribution in [0.1, 0.15) is 67.7 Å². The molecule has 1 aromatic rings. The van der Waals surface area contributed by atoms with Crippen molar-refractivity contribution in [1.82, 2.24) is 0 Å². The number of benzene rings is 1. The molecule has 0 saturated heterocycles. The van der Waals surface area contributed by atoms with Gasteiger partial charge in [0.1, 0.15) is 0 Å². The molecule has 0 N–H and O–H groups in total. The van der Waals surface area contributed by atoms with Crippen LogP contribution in [0.15, 0.2) is 17.7 Å². The number of aryl methyl sites for hydroxylation is 3. The first kappa shape index (κ1) is 17.4. The molecule has 1 aromatic carbocycles. The molecule has 130 valence electrons. The fourth-order valence-corrected chi connectivity index (χ4v) is 5.10. The van der Waals surface area contributed by atoms with E-state index >= 15 is 0 Å². The summed E-state index contributed by atoms with van der Waals surface area (Å²) in [6.07, 6.45) is 6.59. The van der Waals surface area contributed by atoms with Gasteiger partial charge in [-0.25, -0.2) is 0 Å². The second kappa shape index (κ2) is 6.48. The topological polar surface area (TPSA) is 26.3 Å². The van der Waals surface area contributed by atoms with Crippen molar-refractivity contribution in [3.8, 4) is 0 Å². The Hall–Kier alpha value is -1.41. The van der Waals surface area contributed by atoms with Crippen LogP contribution in [0.2, 0.25) is 0 Å². The summed E-state index contributed by atoms with van der Waals surface area (Å²) in [4.78, 5) is 13.1. The highest BCUT2D eigenvalue weighted by atomic mass is 16.5. The fourth-order valence-electron chi connectivity index (χ4n) is 5.10. The predicted octanol–water partition coefficient (Wildman–Crippen LogP) is 5.32. The van der Waals surface area contributed by atoms with E-state index in [4.69, 9.17) is 4.74 Å². The number of carbonyl (C=O) groups excluding carboxylic acids is 1. The molecule has 0 heterocycles. The van der Waals surface area contributed by atoms with E-state index in [0.29, 0.717) is 18.3 Å². The molecule has 0 aromatic heterocycles. The normalized spacial score (nSPS) is 27.9.